The van der Waals surface area contributed by atoms with Gasteiger partial charge in [0.2, 0.25) is 5.69 Å². The Hall–Kier alpha value is -3.19. The standard InChI is InChI=1S/C20H17ClN2O5/c1-25-17-11-23(14-5-3-2-4-6-14)22-18(17)20(24)28-12-13-9-15(21)19-16(10-13)26-7-8-27-19/h2-6,9-11H,7-8,12H2,1H3. The Morgan fingerprint density at radius 1 is 1.21 bits per heavy atom. The van der Waals surface area contributed by atoms with Crippen molar-refractivity contribution in [1.82, 2.24) is 9.78 Å². The molecule has 2 aromatic carbocycles. The fourth-order valence-electron chi connectivity index (χ4n) is 2.83. The highest BCUT2D eigenvalue weighted by Gasteiger charge is 2.21. The molecule has 0 atom stereocenters. The van der Waals surface area contributed by atoms with Gasteiger partial charge >= 0.3 is 5.97 Å². The number of methoxy groups -OCH3 is 1. The molecule has 1 aromatic heterocycles. The third-order valence-electron chi connectivity index (χ3n) is 4.14. The van der Waals surface area contributed by atoms with Crippen molar-refractivity contribution in [3.8, 4) is 22.9 Å². The van der Waals surface area contributed by atoms with E-state index < -0.39 is 5.97 Å². The van der Waals surface area contributed by atoms with Crippen LogP contribution in [0.25, 0.3) is 5.69 Å². The predicted octanol–water partition coefficient (Wildman–Crippen LogP) is 3.66. The first-order chi connectivity index (χ1) is 13.7. The summed E-state index contributed by atoms with van der Waals surface area (Å²) >= 11 is 6.22. The molecule has 4 rings (SSSR count). The minimum absolute atomic E-state index is 0.0105. The van der Waals surface area contributed by atoms with Gasteiger partial charge in [-0.2, -0.15) is 5.10 Å². The lowest BCUT2D eigenvalue weighted by Gasteiger charge is -2.20. The molecule has 8 heteroatoms. The number of para-hydroxylation sites is 1. The average molecular weight is 401 g/mol. The van der Waals surface area contributed by atoms with E-state index in [0.717, 1.165) is 5.69 Å². The molecule has 0 amide bonds. The lowest BCUT2D eigenvalue weighted by molar-refractivity contribution is 0.0461. The van der Waals surface area contributed by atoms with Crippen LogP contribution in [0.5, 0.6) is 17.2 Å². The maximum atomic E-state index is 12.5. The van der Waals surface area contributed by atoms with E-state index in [1.807, 2.05) is 30.3 Å². The van der Waals surface area contributed by atoms with Crippen molar-refractivity contribution >= 4 is 17.6 Å². The molecule has 0 N–H and O–H groups in total. The Morgan fingerprint density at radius 3 is 2.79 bits per heavy atom. The number of aromatic nitrogens is 2. The van der Waals surface area contributed by atoms with Gasteiger partial charge in [0.05, 0.1) is 24.0 Å². The molecular formula is C20H17ClN2O5. The minimum atomic E-state index is -0.599. The monoisotopic (exact) mass is 400 g/mol. The third-order valence-corrected chi connectivity index (χ3v) is 4.42. The lowest BCUT2D eigenvalue weighted by atomic mass is 10.2. The Morgan fingerprint density at radius 2 is 2.00 bits per heavy atom. The zero-order chi connectivity index (χ0) is 19.5. The molecule has 28 heavy (non-hydrogen) atoms. The summed E-state index contributed by atoms with van der Waals surface area (Å²) in [5.74, 6) is 0.772. The first kappa shape index (κ1) is 18.2. The summed E-state index contributed by atoms with van der Waals surface area (Å²) in [4.78, 5) is 12.5. The fraction of sp³-hybridized carbons (Fsp3) is 0.200. The van der Waals surface area contributed by atoms with E-state index in [-0.39, 0.29) is 12.3 Å². The number of nitrogens with zero attached hydrogens (tertiary/aromatic N) is 2. The van der Waals surface area contributed by atoms with Gasteiger partial charge in [-0.3, -0.25) is 0 Å². The van der Waals surface area contributed by atoms with Crippen LogP contribution in [-0.2, 0) is 11.3 Å². The molecule has 0 bridgehead atoms. The van der Waals surface area contributed by atoms with Crippen LogP contribution in [0.2, 0.25) is 5.02 Å². The van der Waals surface area contributed by atoms with Gasteiger partial charge in [0.25, 0.3) is 0 Å². The Kier molecular flexibility index (Phi) is 5.08. The maximum absolute atomic E-state index is 12.5. The number of halogens is 1. The summed E-state index contributed by atoms with van der Waals surface area (Å²) in [7, 11) is 1.48. The fourth-order valence-corrected chi connectivity index (χ4v) is 3.11. The molecular weight excluding hydrogens is 384 g/mol. The number of benzene rings is 2. The Balaban J connectivity index is 1.51. The van der Waals surface area contributed by atoms with E-state index in [2.05, 4.69) is 5.10 Å². The second-order valence-corrected chi connectivity index (χ2v) is 6.41. The number of hydrogen-bond acceptors (Lipinski definition) is 6. The summed E-state index contributed by atoms with van der Waals surface area (Å²) in [5.41, 5.74) is 1.58. The van der Waals surface area contributed by atoms with Crippen molar-refractivity contribution in [2.45, 2.75) is 6.61 Å². The van der Waals surface area contributed by atoms with Gasteiger partial charge in [-0.05, 0) is 29.8 Å². The molecule has 7 nitrogen and oxygen atoms in total. The minimum Gasteiger partial charge on any atom is -0.493 e. The lowest BCUT2D eigenvalue weighted by Crippen LogP contribution is -2.16. The number of rotatable bonds is 5. The van der Waals surface area contributed by atoms with E-state index >= 15 is 0 Å². The molecule has 0 saturated heterocycles. The van der Waals surface area contributed by atoms with Crippen molar-refractivity contribution in [3.05, 3.63) is 64.9 Å². The van der Waals surface area contributed by atoms with Crippen molar-refractivity contribution < 1.29 is 23.7 Å². The van der Waals surface area contributed by atoms with E-state index in [1.165, 1.54) is 7.11 Å². The topological polar surface area (TPSA) is 71.8 Å². The molecule has 0 fully saturated rings. The molecule has 0 unspecified atom stereocenters. The second-order valence-electron chi connectivity index (χ2n) is 6.00. The van der Waals surface area contributed by atoms with E-state index in [0.29, 0.717) is 41.0 Å². The second kappa shape index (κ2) is 7.82. The van der Waals surface area contributed by atoms with Crippen LogP contribution in [-0.4, -0.2) is 36.1 Å². The van der Waals surface area contributed by atoms with Crippen molar-refractivity contribution in [2.75, 3.05) is 20.3 Å². The molecule has 0 spiro atoms. The number of fused-ring (bicyclic) bond motifs is 1. The van der Waals surface area contributed by atoms with Crippen LogP contribution >= 0.6 is 11.6 Å². The number of carbonyl (C=O) groups excluding carboxylic acids is 1. The normalized spacial score (nSPS) is 12.5. The van der Waals surface area contributed by atoms with Gasteiger partial charge < -0.3 is 18.9 Å². The summed E-state index contributed by atoms with van der Waals surface area (Å²) in [6, 6.07) is 12.8. The van der Waals surface area contributed by atoms with Crippen LogP contribution in [0.15, 0.2) is 48.7 Å². The molecule has 1 aliphatic rings. The van der Waals surface area contributed by atoms with Crippen molar-refractivity contribution in [3.63, 3.8) is 0 Å². The zero-order valence-corrected chi connectivity index (χ0v) is 15.8. The highest BCUT2D eigenvalue weighted by molar-refractivity contribution is 6.32. The average Bonchev–Trinajstić information content (AvgIpc) is 3.17. The molecule has 2 heterocycles. The largest absolute Gasteiger partial charge is 0.493 e. The van der Waals surface area contributed by atoms with E-state index in [9.17, 15) is 4.79 Å². The zero-order valence-electron chi connectivity index (χ0n) is 15.1. The van der Waals surface area contributed by atoms with Crippen LogP contribution in [0.4, 0.5) is 0 Å². The van der Waals surface area contributed by atoms with Crippen LogP contribution in [0.3, 0.4) is 0 Å². The van der Waals surface area contributed by atoms with Crippen molar-refractivity contribution in [1.29, 1.82) is 0 Å². The molecule has 144 valence electrons. The summed E-state index contributed by atoms with van der Waals surface area (Å²) < 4.78 is 23.3. The highest BCUT2D eigenvalue weighted by atomic mass is 35.5. The van der Waals surface area contributed by atoms with Gasteiger partial charge in [-0.15, -0.1) is 0 Å². The molecule has 0 radical (unpaired) electrons. The number of hydrogen-bond donors (Lipinski definition) is 0. The van der Waals surface area contributed by atoms with E-state index in [1.54, 1.807) is 23.0 Å². The van der Waals surface area contributed by atoms with Gasteiger partial charge in [0, 0.05) is 0 Å². The smallest absolute Gasteiger partial charge is 0.363 e. The van der Waals surface area contributed by atoms with Gasteiger partial charge in [-0.1, -0.05) is 29.8 Å². The Labute approximate surface area is 166 Å². The summed E-state index contributed by atoms with van der Waals surface area (Å²) in [6.45, 7) is 0.905. The van der Waals surface area contributed by atoms with Crippen LogP contribution in [0.1, 0.15) is 16.1 Å². The molecule has 0 aliphatic carbocycles. The maximum Gasteiger partial charge on any atom is 0.363 e. The SMILES string of the molecule is COc1cn(-c2ccccc2)nc1C(=O)OCc1cc(Cl)c2c(c1)OCCO2. The first-order valence-corrected chi connectivity index (χ1v) is 8.97. The summed E-state index contributed by atoms with van der Waals surface area (Å²) in [6.07, 6.45) is 1.63. The van der Waals surface area contributed by atoms with Crippen molar-refractivity contribution in [2.24, 2.45) is 0 Å². The van der Waals surface area contributed by atoms with Gasteiger partial charge in [0.1, 0.15) is 19.8 Å². The summed E-state index contributed by atoms with van der Waals surface area (Å²) in [5, 5.41) is 4.71. The number of esters is 1. The predicted molar refractivity (Wildman–Crippen MR) is 102 cm³/mol. The van der Waals surface area contributed by atoms with E-state index in [4.69, 9.17) is 30.5 Å². The molecule has 1 aliphatic heterocycles. The first-order valence-electron chi connectivity index (χ1n) is 8.60. The molecule has 3 aromatic rings. The highest BCUT2D eigenvalue weighted by Crippen LogP contribution is 2.38. The van der Waals surface area contributed by atoms with Gasteiger partial charge in [0.15, 0.2) is 17.2 Å². The van der Waals surface area contributed by atoms with Gasteiger partial charge in [-0.25, -0.2) is 9.48 Å². The molecule has 0 saturated carbocycles. The Bertz CT molecular complexity index is 1000. The van der Waals surface area contributed by atoms with Crippen LogP contribution in [0, 0.1) is 0 Å². The van der Waals surface area contributed by atoms with Crippen LogP contribution < -0.4 is 14.2 Å². The quantitative estimate of drug-likeness (QED) is 0.608. The number of carbonyl (C=O) groups is 1. The number of ether oxygens (including phenoxy) is 4. The third kappa shape index (κ3) is 3.61.